The van der Waals surface area contributed by atoms with Crippen molar-refractivity contribution in [3.05, 3.63) is 75.7 Å². The highest BCUT2D eigenvalue weighted by molar-refractivity contribution is 5.97. The molecule has 0 amide bonds. The van der Waals surface area contributed by atoms with Gasteiger partial charge >= 0.3 is 6.18 Å². The highest BCUT2D eigenvalue weighted by atomic mass is 19.4. The molecule has 4 rings (SSSR count). The molecule has 0 unspecified atom stereocenters. The summed E-state index contributed by atoms with van der Waals surface area (Å²) in [5.74, 6) is -1.65. The van der Waals surface area contributed by atoms with Gasteiger partial charge in [0.1, 0.15) is 0 Å². The lowest BCUT2D eigenvalue weighted by Gasteiger charge is -2.03. The van der Waals surface area contributed by atoms with E-state index in [9.17, 15) is 28.1 Å². The van der Waals surface area contributed by atoms with Gasteiger partial charge in [0.05, 0.1) is 21.7 Å². The zero-order valence-electron chi connectivity index (χ0n) is 15.3. The number of nitro groups is 1. The quantitative estimate of drug-likeness (QED) is 0.395. The van der Waals surface area contributed by atoms with Crippen molar-refractivity contribution in [3.8, 4) is 11.3 Å². The van der Waals surface area contributed by atoms with Crippen LogP contribution in [0.2, 0.25) is 0 Å². The Morgan fingerprint density at radius 1 is 1.17 bits per heavy atom. The van der Waals surface area contributed by atoms with Crippen LogP contribution in [0.4, 0.5) is 18.9 Å². The van der Waals surface area contributed by atoms with E-state index >= 15 is 0 Å². The molecule has 2 heterocycles. The predicted molar refractivity (Wildman–Crippen MR) is 99.9 cm³/mol. The number of imidazole rings is 1. The van der Waals surface area contributed by atoms with E-state index in [1.54, 1.807) is 25.1 Å². The fourth-order valence-electron chi connectivity index (χ4n) is 3.03. The number of H-pyrrole nitrogens is 1. The largest absolute Gasteiger partial charge is 0.449 e. The molecule has 0 saturated carbocycles. The number of nitrogens with zero attached hydrogens (tertiary/aromatic N) is 4. The number of hydrogen-bond acceptors (Lipinski definition) is 5. The summed E-state index contributed by atoms with van der Waals surface area (Å²) in [7, 11) is 0. The molecule has 0 saturated heterocycles. The number of alkyl halides is 3. The maximum atomic E-state index is 13.0. The third kappa shape index (κ3) is 3.30. The molecular weight excluding hydrogens is 403 g/mol. The standard InChI is InChI=1S/C19H12F3N5O3/c1-10-9-15(13-3-2-4-14-16(13)24-18(23-14)19(20,21)22)25-26(10)17(28)11-5-7-12(8-6-11)27(29)30/h2-9H,1H3,(H,23,24). The van der Waals surface area contributed by atoms with Crippen molar-refractivity contribution in [2.24, 2.45) is 0 Å². The van der Waals surface area contributed by atoms with Crippen molar-refractivity contribution in [1.29, 1.82) is 0 Å². The zero-order valence-corrected chi connectivity index (χ0v) is 15.3. The SMILES string of the molecule is Cc1cc(-c2cccc3[nH]c(C(F)(F)F)nc23)nn1C(=O)c1ccc([N+](=O)[O-])cc1. The Kier molecular flexibility index (Phi) is 4.37. The van der Waals surface area contributed by atoms with Gasteiger partial charge < -0.3 is 4.98 Å². The van der Waals surface area contributed by atoms with E-state index in [0.29, 0.717) is 11.3 Å². The van der Waals surface area contributed by atoms with Crippen molar-refractivity contribution in [1.82, 2.24) is 19.7 Å². The molecule has 1 N–H and O–H groups in total. The van der Waals surface area contributed by atoms with E-state index in [0.717, 1.165) is 4.68 Å². The van der Waals surface area contributed by atoms with Crippen LogP contribution in [0.3, 0.4) is 0 Å². The van der Waals surface area contributed by atoms with Crippen molar-refractivity contribution < 1.29 is 22.9 Å². The van der Waals surface area contributed by atoms with Gasteiger partial charge in [-0.2, -0.15) is 18.3 Å². The summed E-state index contributed by atoms with van der Waals surface area (Å²) in [4.78, 5) is 28.8. The summed E-state index contributed by atoms with van der Waals surface area (Å²) in [6.07, 6.45) is -4.63. The van der Waals surface area contributed by atoms with Gasteiger partial charge in [-0.15, -0.1) is 0 Å². The van der Waals surface area contributed by atoms with Crippen LogP contribution >= 0.6 is 0 Å². The lowest BCUT2D eigenvalue weighted by molar-refractivity contribution is -0.384. The monoisotopic (exact) mass is 415 g/mol. The maximum absolute atomic E-state index is 13.0. The van der Waals surface area contributed by atoms with Crippen LogP contribution in [-0.2, 0) is 6.18 Å². The molecule has 0 aliphatic rings. The Labute approximate surface area is 166 Å². The van der Waals surface area contributed by atoms with Crippen LogP contribution in [0.15, 0.2) is 48.5 Å². The summed E-state index contributed by atoms with van der Waals surface area (Å²) >= 11 is 0. The first-order valence-electron chi connectivity index (χ1n) is 8.57. The summed E-state index contributed by atoms with van der Waals surface area (Å²) < 4.78 is 40.1. The zero-order chi connectivity index (χ0) is 21.6. The molecule has 0 aliphatic carbocycles. The Morgan fingerprint density at radius 2 is 1.87 bits per heavy atom. The van der Waals surface area contributed by atoms with Crippen molar-refractivity contribution in [2.75, 3.05) is 0 Å². The average molecular weight is 415 g/mol. The Balaban J connectivity index is 1.75. The number of nitrogens with one attached hydrogen (secondary N) is 1. The highest BCUT2D eigenvalue weighted by Crippen LogP contribution is 2.32. The highest BCUT2D eigenvalue weighted by Gasteiger charge is 2.35. The summed E-state index contributed by atoms with van der Waals surface area (Å²) in [6.45, 7) is 1.62. The third-order valence-electron chi connectivity index (χ3n) is 4.46. The minimum atomic E-state index is -4.63. The smallest absolute Gasteiger partial charge is 0.334 e. The van der Waals surface area contributed by atoms with Gasteiger partial charge in [0, 0.05) is 29.0 Å². The molecule has 152 valence electrons. The number of halogens is 3. The van der Waals surface area contributed by atoms with Gasteiger partial charge in [-0.25, -0.2) is 9.67 Å². The Morgan fingerprint density at radius 3 is 2.50 bits per heavy atom. The fraction of sp³-hybridized carbons (Fsp3) is 0.105. The fourth-order valence-corrected chi connectivity index (χ4v) is 3.03. The third-order valence-corrected chi connectivity index (χ3v) is 4.46. The molecule has 2 aromatic carbocycles. The average Bonchev–Trinajstić information content (AvgIpc) is 3.31. The molecule has 0 radical (unpaired) electrons. The normalized spacial score (nSPS) is 11.7. The number of aromatic amines is 1. The number of carbonyl (C=O) groups excluding carboxylic acids is 1. The molecule has 0 atom stereocenters. The summed E-state index contributed by atoms with van der Waals surface area (Å²) in [5.41, 5.74) is 1.33. The topological polar surface area (TPSA) is 107 Å². The molecule has 0 bridgehead atoms. The van der Waals surface area contributed by atoms with Gasteiger partial charge in [-0.1, -0.05) is 12.1 Å². The predicted octanol–water partition coefficient (Wildman–Crippen LogP) is 4.35. The minimum Gasteiger partial charge on any atom is -0.334 e. The second-order valence-corrected chi connectivity index (χ2v) is 6.48. The lowest BCUT2D eigenvalue weighted by Crippen LogP contribution is -2.15. The maximum Gasteiger partial charge on any atom is 0.449 e. The molecule has 0 aliphatic heterocycles. The van der Waals surface area contributed by atoms with Gasteiger partial charge in [-0.3, -0.25) is 14.9 Å². The first-order valence-corrected chi connectivity index (χ1v) is 8.57. The van der Waals surface area contributed by atoms with E-state index in [4.69, 9.17) is 0 Å². The van der Waals surface area contributed by atoms with E-state index in [1.165, 1.54) is 30.3 Å². The van der Waals surface area contributed by atoms with Crippen LogP contribution in [0.25, 0.3) is 22.3 Å². The minimum absolute atomic E-state index is 0.0808. The van der Waals surface area contributed by atoms with Crippen molar-refractivity contribution in [2.45, 2.75) is 13.1 Å². The summed E-state index contributed by atoms with van der Waals surface area (Å²) in [6, 6.07) is 11.2. The second kappa shape index (κ2) is 6.79. The Bertz CT molecular complexity index is 1290. The van der Waals surface area contributed by atoms with Crippen molar-refractivity contribution >= 4 is 22.6 Å². The molecule has 0 fully saturated rings. The molecule has 8 nitrogen and oxygen atoms in total. The molecule has 2 aromatic heterocycles. The number of para-hydroxylation sites is 1. The number of aromatic nitrogens is 4. The first kappa shape index (κ1) is 19.3. The van der Waals surface area contributed by atoms with Gasteiger partial charge in [0.15, 0.2) is 0 Å². The number of nitro benzene ring substituents is 1. The van der Waals surface area contributed by atoms with E-state index < -0.39 is 22.8 Å². The molecule has 11 heteroatoms. The number of aryl methyl sites for hydroxylation is 1. The second-order valence-electron chi connectivity index (χ2n) is 6.48. The van der Waals surface area contributed by atoms with Gasteiger partial charge in [0.2, 0.25) is 5.82 Å². The van der Waals surface area contributed by atoms with E-state index in [-0.39, 0.29) is 28.0 Å². The van der Waals surface area contributed by atoms with E-state index in [2.05, 4.69) is 15.1 Å². The number of carbonyl (C=O) groups is 1. The number of rotatable bonds is 3. The van der Waals surface area contributed by atoms with Crippen LogP contribution in [0.5, 0.6) is 0 Å². The van der Waals surface area contributed by atoms with E-state index in [1.807, 2.05) is 0 Å². The molecule has 30 heavy (non-hydrogen) atoms. The van der Waals surface area contributed by atoms with Crippen LogP contribution in [0.1, 0.15) is 21.9 Å². The van der Waals surface area contributed by atoms with Crippen LogP contribution in [0, 0.1) is 17.0 Å². The molecular formula is C19H12F3N5O3. The van der Waals surface area contributed by atoms with Gasteiger partial charge in [-0.05, 0) is 31.2 Å². The number of fused-ring (bicyclic) bond motifs is 1. The molecule has 4 aromatic rings. The van der Waals surface area contributed by atoms with Crippen LogP contribution < -0.4 is 0 Å². The number of non-ortho nitro benzene ring substituents is 1. The van der Waals surface area contributed by atoms with Crippen molar-refractivity contribution in [3.63, 3.8) is 0 Å². The number of hydrogen-bond donors (Lipinski definition) is 1. The lowest BCUT2D eigenvalue weighted by atomic mass is 10.1. The number of benzene rings is 2. The van der Waals surface area contributed by atoms with Crippen LogP contribution in [-0.4, -0.2) is 30.6 Å². The Hall–Kier alpha value is -4.02. The summed E-state index contributed by atoms with van der Waals surface area (Å²) in [5, 5.41) is 15.0. The van der Waals surface area contributed by atoms with Gasteiger partial charge in [0.25, 0.3) is 11.6 Å². The molecule has 0 spiro atoms. The first-order chi connectivity index (χ1) is 14.1.